The molecule has 0 aromatic heterocycles. The monoisotopic (exact) mass is 392 g/mol. The van der Waals surface area contributed by atoms with Gasteiger partial charge in [-0.05, 0) is 49.9 Å². The van der Waals surface area contributed by atoms with Crippen LogP contribution in [0.4, 0.5) is 0 Å². The highest BCUT2D eigenvalue weighted by Crippen LogP contribution is 2.66. The Balaban J connectivity index is 1.73. The summed E-state index contributed by atoms with van der Waals surface area (Å²) in [5.74, 6) is -3.25. The van der Waals surface area contributed by atoms with Crippen LogP contribution in [0.1, 0.15) is 65.7 Å². The number of carboxylic acids is 1. The van der Waals surface area contributed by atoms with Crippen LogP contribution in [0.3, 0.4) is 0 Å². The van der Waals surface area contributed by atoms with Crippen molar-refractivity contribution in [2.45, 2.75) is 71.5 Å². The minimum Gasteiger partial charge on any atom is -0.475 e. The molecule has 1 aliphatic heterocycles. The number of aliphatic carboxylic acids is 1. The van der Waals surface area contributed by atoms with E-state index in [-0.39, 0.29) is 17.6 Å². The Kier molecular flexibility index (Phi) is 4.74. The van der Waals surface area contributed by atoms with E-state index in [4.69, 9.17) is 9.47 Å². The number of carbonyl (C=O) groups excluding carboxylic acids is 2. The van der Waals surface area contributed by atoms with E-state index in [9.17, 15) is 19.5 Å². The molecule has 3 saturated carbocycles. The molecular formula is C22H32O6. The van der Waals surface area contributed by atoms with Crippen molar-refractivity contribution in [2.75, 3.05) is 13.2 Å². The van der Waals surface area contributed by atoms with Crippen LogP contribution in [0.5, 0.6) is 0 Å². The molecule has 0 aromatic rings. The van der Waals surface area contributed by atoms with Gasteiger partial charge in [-0.3, -0.25) is 9.59 Å². The van der Waals surface area contributed by atoms with E-state index in [1.54, 1.807) is 0 Å². The van der Waals surface area contributed by atoms with Gasteiger partial charge in [-0.2, -0.15) is 0 Å². The molecular weight excluding hydrogens is 360 g/mol. The molecule has 0 radical (unpaired) electrons. The molecule has 1 spiro atoms. The molecule has 4 fully saturated rings. The number of carbonyl (C=O) groups is 3. The summed E-state index contributed by atoms with van der Waals surface area (Å²) in [6.07, 6.45) is 5.07. The lowest BCUT2D eigenvalue weighted by Crippen LogP contribution is -2.57. The van der Waals surface area contributed by atoms with Crippen LogP contribution >= 0.6 is 0 Å². The highest BCUT2D eigenvalue weighted by molar-refractivity contribution is 6.33. The van der Waals surface area contributed by atoms with Gasteiger partial charge >= 0.3 is 5.97 Å². The Morgan fingerprint density at radius 1 is 1.00 bits per heavy atom. The third-order valence-corrected chi connectivity index (χ3v) is 8.73. The highest BCUT2D eigenvalue weighted by atomic mass is 16.7. The molecule has 4 aliphatic rings. The summed E-state index contributed by atoms with van der Waals surface area (Å²) in [5.41, 5.74) is -1.01. The molecule has 3 unspecified atom stereocenters. The normalized spacial score (nSPS) is 45.2. The van der Waals surface area contributed by atoms with E-state index in [0.29, 0.717) is 44.8 Å². The average Bonchev–Trinajstić information content (AvgIpc) is 3.24. The third-order valence-electron chi connectivity index (χ3n) is 8.73. The number of rotatable bonds is 3. The summed E-state index contributed by atoms with van der Waals surface area (Å²) < 4.78 is 12.1. The summed E-state index contributed by atoms with van der Waals surface area (Å²) in [7, 11) is 0. The number of hydrogen-bond acceptors (Lipinski definition) is 5. The van der Waals surface area contributed by atoms with E-state index in [2.05, 4.69) is 13.8 Å². The number of ketones is 2. The Hall–Kier alpha value is -1.27. The zero-order valence-electron chi connectivity index (χ0n) is 17.2. The SMILES string of the molecule is C[C@H]1CC[C@](C)(C2CC[C@@]3(C)C(CCC34OCCO4)C2C(=O)C(=O)O)C(=O)C1. The predicted octanol–water partition coefficient (Wildman–Crippen LogP) is 3.22. The maximum absolute atomic E-state index is 13.1. The summed E-state index contributed by atoms with van der Waals surface area (Å²) in [6.45, 7) is 7.24. The van der Waals surface area contributed by atoms with Crippen LogP contribution < -0.4 is 0 Å². The Bertz CT molecular complexity index is 695. The third kappa shape index (κ3) is 2.63. The molecule has 0 amide bonds. The molecule has 28 heavy (non-hydrogen) atoms. The van der Waals surface area contributed by atoms with Crippen LogP contribution in [0.25, 0.3) is 0 Å². The van der Waals surface area contributed by atoms with Gasteiger partial charge in [0.2, 0.25) is 5.78 Å². The van der Waals surface area contributed by atoms with E-state index < -0.39 is 34.3 Å². The Morgan fingerprint density at radius 3 is 2.25 bits per heavy atom. The minimum atomic E-state index is -1.38. The number of fused-ring (bicyclic) bond motifs is 2. The van der Waals surface area contributed by atoms with Gasteiger partial charge in [0.05, 0.1) is 13.2 Å². The van der Waals surface area contributed by atoms with E-state index in [0.717, 1.165) is 19.3 Å². The molecule has 0 aromatic carbocycles. The molecule has 1 saturated heterocycles. The highest BCUT2D eigenvalue weighted by Gasteiger charge is 2.68. The first-order valence-corrected chi connectivity index (χ1v) is 10.7. The summed E-state index contributed by atoms with van der Waals surface area (Å²) in [5, 5.41) is 9.61. The number of Topliss-reactive ketones (excluding diaryl/α,β-unsaturated/α-hetero) is 2. The predicted molar refractivity (Wildman–Crippen MR) is 100 cm³/mol. The molecule has 4 rings (SSSR count). The first kappa shape index (κ1) is 20.0. The van der Waals surface area contributed by atoms with Crippen LogP contribution in [0.15, 0.2) is 0 Å². The van der Waals surface area contributed by atoms with E-state index in [1.165, 1.54) is 0 Å². The molecule has 6 heteroatoms. The van der Waals surface area contributed by atoms with Crippen LogP contribution in [-0.4, -0.2) is 41.6 Å². The van der Waals surface area contributed by atoms with Gasteiger partial charge in [0.1, 0.15) is 5.78 Å². The Labute approximate surface area is 166 Å². The van der Waals surface area contributed by atoms with Crippen molar-refractivity contribution in [1.82, 2.24) is 0 Å². The lowest BCUT2D eigenvalue weighted by Gasteiger charge is -2.54. The van der Waals surface area contributed by atoms with Crippen LogP contribution in [0, 0.1) is 34.5 Å². The smallest absolute Gasteiger partial charge is 0.372 e. The van der Waals surface area contributed by atoms with E-state index in [1.807, 2.05) is 6.92 Å². The molecule has 1 heterocycles. The topological polar surface area (TPSA) is 89.9 Å². The molecule has 156 valence electrons. The first-order chi connectivity index (χ1) is 13.1. The van der Waals surface area contributed by atoms with Crippen LogP contribution in [-0.2, 0) is 23.9 Å². The second-order valence-corrected chi connectivity index (χ2v) is 10.0. The molecule has 6 nitrogen and oxygen atoms in total. The van der Waals surface area contributed by atoms with Gasteiger partial charge in [-0.25, -0.2) is 4.79 Å². The van der Waals surface area contributed by atoms with Gasteiger partial charge in [0, 0.05) is 29.6 Å². The standard InChI is InChI=1S/C22H32O6/c1-13-4-7-20(2,16(23)12-13)14-5-8-21(3)15(17(14)18(24)19(25)26)6-9-22(21)27-10-11-28-22/h13-15,17H,4-12H2,1-3H3,(H,25,26)/t13-,14?,15?,17?,20+,21-/m0/s1. The second-order valence-electron chi connectivity index (χ2n) is 10.0. The summed E-state index contributed by atoms with van der Waals surface area (Å²) >= 11 is 0. The molecule has 3 aliphatic carbocycles. The fraction of sp³-hybridized carbons (Fsp3) is 0.864. The van der Waals surface area contributed by atoms with Crippen molar-refractivity contribution >= 4 is 17.5 Å². The zero-order valence-corrected chi connectivity index (χ0v) is 17.2. The lowest BCUT2D eigenvalue weighted by atomic mass is 9.50. The fourth-order valence-electron chi connectivity index (χ4n) is 6.98. The molecule has 0 bridgehead atoms. The van der Waals surface area contributed by atoms with Crippen molar-refractivity contribution in [3.63, 3.8) is 0 Å². The van der Waals surface area contributed by atoms with Gasteiger partial charge in [-0.15, -0.1) is 0 Å². The average molecular weight is 392 g/mol. The zero-order chi connectivity index (χ0) is 20.3. The van der Waals surface area contributed by atoms with Crippen LogP contribution in [0.2, 0.25) is 0 Å². The summed E-state index contributed by atoms with van der Waals surface area (Å²) in [6, 6.07) is 0. The lowest BCUT2D eigenvalue weighted by molar-refractivity contribution is -0.241. The van der Waals surface area contributed by atoms with Gasteiger partial charge in [0.25, 0.3) is 0 Å². The maximum atomic E-state index is 13.1. The van der Waals surface area contributed by atoms with Crippen molar-refractivity contribution in [2.24, 2.45) is 34.5 Å². The molecule has 6 atom stereocenters. The quantitative estimate of drug-likeness (QED) is 0.742. The number of hydrogen-bond donors (Lipinski definition) is 1. The van der Waals surface area contributed by atoms with Gasteiger partial charge in [-0.1, -0.05) is 20.8 Å². The van der Waals surface area contributed by atoms with E-state index >= 15 is 0 Å². The number of carboxylic acid groups (broad SMARTS) is 1. The first-order valence-electron chi connectivity index (χ1n) is 10.7. The maximum Gasteiger partial charge on any atom is 0.372 e. The Morgan fingerprint density at radius 2 is 1.64 bits per heavy atom. The van der Waals surface area contributed by atoms with Crippen molar-refractivity contribution in [3.05, 3.63) is 0 Å². The largest absolute Gasteiger partial charge is 0.475 e. The minimum absolute atomic E-state index is 0.128. The second kappa shape index (κ2) is 6.63. The van der Waals surface area contributed by atoms with Gasteiger partial charge < -0.3 is 14.6 Å². The van der Waals surface area contributed by atoms with Gasteiger partial charge in [0.15, 0.2) is 5.79 Å². The fourth-order valence-corrected chi connectivity index (χ4v) is 6.98. The number of ether oxygens (including phenoxy) is 2. The summed E-state index contributed by atoms with van der Waals surface area (Å²) in [4.78, 5) is 37.8. The van der Waals surface area contributed by atoms with Crippen molar-refractivity contribution in [3.8, 4) is 0 Å². The molecule has 1 N–H and O–H groups in total. The van der Waals surface area contributed by atoms with Crippen molar-refractivity contribution < 1.29 is 29.0 Å². The van der Waals surface area contributed by atoms with Crippen molar-refractivity contribution in [1.29, 1.82) is 0 Å².